The van der Waals surface area contributed by atoms with Crippen molar-refractivity contribution in [1.82, 2.24) is 4.90 Å². The van der Waals surface area contributed by atoms with E-state index in [-0.39, 0.29) is 24.6 Å². The molecule has 2 saturated heterocycles. The van der Waals surface area contributed by atoms with Gasteiger partial charge in [-0.3, -0.25) is 4.79 Å². The Bertz CT molecular complexity index is 274. The Morgan fingerprint density at radius 3 is 3.15 bits per heavy atom. The zero-order valence-corrected chi connectivity index (χ0v) is 7.09. The highest BCUT2D eigenvalue weighted by Gasteiger charge is 2.40. The monoisotopic (exact) mass is 182 g/mol. The number of rotatable bonds is 2. The number of morpholine rings is 1. The summed E-state index contributed by atoms with van der Waals surface area (Å²) in [5, 5.41) is 3.25. The lowest BCUT2D eigenvalue weighted by atomic mass is 10.2. The Labute approximate surface area is 75.1 Å². The quantitative estimate of drug-likeness (QED) is 0.349. The molecule has 2 heterocycles. The molecular weight excluding hydrogens is 172 g/mol. The Balaban J connectivity index is 1.94. The second kappa shape index (κ2) is 3.24. The topological polar surface area (TPSA) is 78.3 Å². The summed E-state index contributed by atoms with van der Waals surface area (Å²) in [7, 11) is 0. The Kier molecular flexibility index (Phi) is 2.08. The van der Waals surface area contributed by atoms with Crippen LogP contribution in [0.25, 0.3) is 10.4 Å². The molecule has 0 aromatic heterocycles. The van der Waals surface area contributed by atoms with E-state index in [0.29, 0.717) is 13.2 Å². The lowest BCUT2D eigenvalue weighted by Gasteiger charge is -2.26. The molecular formula is C7H10N4O2. The molecule has 1 amide bonds. The van der Waals surface area contributed by atoms with Crippen molar-refractivity contribution in [3.63, 3.8) is 0 Å². The van der Waals surface area contributed by atoms with Crippen LogP contribution >= 0.6 is 0 Å². The first-order valence-electron chi connectivity index (χ1n) is 4.23. The van der Waals surface area contributed by atoms with Gasteiger partial charge < -0.3 is 9.64 Å². The van der Waals surface area contributed by atoms with Gasteiger partial charge in [-0.1, -0.05) is 5.11 Å². The van der Waals surface area contributed by atoms with E-state index in [0.717, 1.165) is 6.42 Å². The number of carbonyl (C=O) groups is 1. The molecule has 2 rings (SSSR count). The number of ether oxygens (including phenoxy) is 1. The zero-order valence-electron chi connectivity index (χ0n) is 7.09. The minimum Gasteiger partial charge on any atom is -0.374 e. The molecule has 2 aliphatic rings. The molecule has 0 spiro atoms. The van der Waals surface area contributed by atoms with E-state index >= 15 is 0 Å². The number of likely N-dealkylation sites (tertiary alicyclic amines) is 1. The smallest absolute Gasteiger partial charge is 0.228 e. The van der Waals surface area contributed by atoms with Crippen LogP contribution in [-0.4, -0.2) is 42.6 Å². The van der Waals surface area contributed by atoms with Crippen LogP contribution in [0.1, 0.15) is 6.42 Å². The van der Waals surface area contributed by atoms with Crippen LogP contribution in [0.15, 0.2) is 5.11 Å². The van der Waals surface area contributed by atoms with Gasteiger partial charge in [0.05, 0.1) is 18.8 Å². The van der Waals surface area contributed by atoms with Gasteiger partial charge in [-0.05, 0) is 12.0 Å². The highest BCUT2D eigenvalue weighted by molar-refractivity contribution is 5.79. The molecule has 0 saturated carbocycles. The van der Waals surface area contributed by atoms with Gasteiger partial charge in [0, 0.05) is 11.5 Å². The lowest BCUT2D eigenvalue weighted by Crippen LogP contribution is -2.42. The molecule has 0 radical (unpaired) electrons. The van der Waals surface area contributed by atoms with Crippen LogP contribution in [0.2, 0.25) is 0 Å². The Morgan fingerprint density at radius 2 is 2.62 bits per heavy atom. The predicted molar refractivity (Wildman–Crippen MR) is 43.9 cm³/mol. The number of carbonyl (C=O) groups excluding carboxylic acids is 1. The van der Waals surface area contributed by atoms with Crippen molar-refractivity contribution in [2.45, 2.75) is 18.6 Å². The van der Waals surface area contributed by atoms with Crippen molar-refractivity contribution in [1.29, 1.82) is 0 Å². The summed E-state index contributed by atoms with van der Waals surface area (Å²) < 4.78 is 5.34. The summed E-state index contributed by atoms with van der Waals surface area (Å²) in [6.07, 6.45) is 1.14. The normalized spacial score (nSPS) is 30.3. The van der Waals surface area contributed by atoms with E-state index in [4.69, 9.17) is 10.3 Å². The average Bonchev–Trinajstić information content (AvgIpc) is 2.74. The molecule has 6 heteroatoms. The van der Waals surface area contributed by atoms with E-state index in [1.54, 1.807) is 4.90 Å². The van der Waals surface area contributed by atoms with Crippen LogP contribution in [0.4, 0.5) is 0 Å². The van der Waals surface area contributed by atoms with Gasteiger partial charge in [-0.15, -0.1) is 0 Å². The van der Waals surface area contributed by atoms with Gasteiger partial charge in [0.1, 0.15) is 6.54 Å². The standard InChI is InChI=1S/C7H10N4O2/c8-10-9-2-7(12)11-3-6-1-5(11)4-13-6/h5-6H,1-4H2. The summed E-state index contributed by atoms with van der Waals surface area (Å²) in [5.74, 6) is -0.0893. The van der Waals surface area contributed by atoms with E-state index in [1.807, 2.05) is 0 Å². The third kappa shape index (κ3) is 1.46. The summed E-state index contributed by atoms with van der Waals surface area (Å²) in [6, 6.07) is 0.214. The van der Waals surface area contributed by atoms with Gasteiger partial charge in [0.15, 0.2) is 0 Å². The highest BCUT2D eigenvalue weighted by atomic mass is 16.5. The summed E-state index contributed by atoms with van der Waals surface area (Å²) in [6.45, 7) is 1.22. The number of hydrogen-bond donors (Lipinski definition) is 0. The van der Waals surface area contributed by atoms with E-state index in [9.17, 15) is 4.79 Å². The first-order chi connectivity index (χ1) is 6.31. The highest BCUT2D eigenvalue weighted by Crippen LogP contribution is 2.27. The first kappa shape index (κ1) is 8.34. The van der Waals surface area contributed by atoms with Gasteiger partial charge in [-0.25, -0.2) is 0 Å². The fraction of sp³-hybridized carbons (Fsp3) is 0.857. The average molecular weight is 182 g/mol. The number of azide groups is 1. The summed E-state index contributed by atoms with van der Waals surface area (Å²) in [4.78, 5) is 15.7. The Hall–Kier alpha value is -1.26. The van der Waals surface area contributed by atoms with E-state index in [1.165, 1.54) is 0 Å². The maximum atomic E-state index is 11.4. The van der Waals surface area contributed by atoms with Crippen molar-refractivity contribution in [2.24, 2.45) is 5.11 Å². The first-order valence-corrected chi connectivity index (χ1v) is 4.23. The van der Waals surface area contributed by atoms with Crippen molar-refractivity contribution in [2.75, 3.05) is 19.7 Å². The molecule has 0 aromatic carbocycles. The molecule has 2 bridgehead atoms. The van der Waals surface area contributed by atoms with Crippen molar-refractivity contribution < 1.29 is 9.53 Å². The molecule has 13 heavy (non-hydrogen) atoms. The fourth-order valence-corrected chi connectivity index (χ4v) is 1.89. The molecule has 2 atom stereocenters. The van der Waals surface area contributed by atoms with E-state index < -0.39 is 0 Å². The number of hydrogen-bond acceptors (Lipinski definition) is 3. The zero-order chi connectivity index (χ0) is 9.26. The predicted octanol–water partition coefficient (Wildman–Crippen LogP) is 0.296. The molecule has 0 aliphatic carbocycles. The largest absolute Gasteiger partial charge is 0.374 e. The van der Waals surface area contributed by atoms with Gasteiger partial charge >= 0.3 is 0 Å². The molecule has 2 aliphatic heterocycles. The SMILES string of the molecule is [N-]=[N+]=NCC(=O)N1CC2CC1CO2. The third-order valence-electron chi connectivity index (χ3n) is 2.49. The maximum absolute atomic E-state index is 11.4. The molecule has 0 N–H and O–H groups in total. The van der Waals surface area contributed by atoms with Crippen LogP contribution in [0, 0.1) is 0 Å². The Morgan fingerprint density at radius 1 is 1.77 bits per heavy atom. The number of amides is 1. The number of nitrogens with zero attached hydrogens (tertiary/aromatic N) is 4. The number of fused-ring (bicyclic) bond motifs is 2. The molecule has 2 unspecified atom stereocenters. The van der Waals surface area contributed by atoms with Crippen molar-refractivity contribution in [3.05, 3.63) is 10.4 Å². The van der Waals surface area contributed by atoms with Gasteiger partial charge in [0.2, 0.25) is 5.91 Å². The third-order valence-corrected chi connectivity index (χ3v) is 2.49. The van der Waals surface area contributed by atoms with Crippen LogP contribution in [0.5, 0.6) is 0 Å². The minimum absolute atomic E-state index is 0.0697. The summed E-state index contributed by atoms with van der Waals surface area (Å²) in [5.41, 5.74) is 8.05. The summed E-state index contributed by atoms with van der Waals surface area (Å²) >= 11 is 0. The van der Waals surface area contributed by atoms with Crippen molar-refractivity contribution >= 4 is 5.91 Å². The second-order valence-electron chi connectivity index (χ2n) is 3.28. The van der Waals surface area contributed by atoms with Gasteiger partial charge in [0.25, 0.3) is 0 Å². The van der Waals surface area contributed by atoms with Crippen LogP contribution < -0.4 is 0 Å². The van der Waals surface area contributed by atoms with Crippen LogP contribution in [-0.2, 0) is 9.53 Å². The van der Waals surface area contributed by atoms with Crippen molar-refractivity contribution in [3.8, 4) is 0 Å². The minimum atomic E-state index is -0.0893. The second-order valence-corrected chi connectivity index (χ2v) is 3.28. The molecule has 70 valence electrons. The fourth-order valence-electron chi connectivity index (χ4n) is 1.89. The lowest BCUT2D eigenvalue weighted by molar-refractivity contribution is -0.134. The molecule has 2 fully saturated rings. The maximum Gasteiger partial charge on any atom is 0.228 e. The molecule has 6 nitrogen and oxygen atoms in total. The van der Waals surface area contributed by atoms with Gasteiger partial charge in [-0.2, -0.15) is 0 Å². The van der Waals surface area contributed by atoms with E-state index in [2.05, 4.69) is 10.0 Å². The molecule has 0 aromatic rings. The van der Waals surface area contributed by atoms with Crippen LogP contribution in [0.3, 0.4) is 0 Å².